The zero-order valence-corrected chi connectivity index (χ0v) is 10.8. The Kier molecular flexibility index (Phi) is 3.29. The molecule has 0 saturated heterocycles. The third kappa shape index (κ3) is 2.51. The SMILES string of the molecule is Cn1cc(CNCCc2ncno2)c2ccccc21. The number of rotatable bonds is 5. The van der Waals surface area contributed by atoms with Gasteiger partial charge in [-0.1, -0.05) is 23.4 Å². The minimum atomic E-state index is 0.672. The van der Waals surface area contributed by atoms with Crippen LogP contribution >= 0.6 is 0 Å². The van der Waals surface area contributed by atoms with Crippen LogP contribution in [-0.2, 0) is 20.0 Å². The predicted octanol–water partition coefficient (Wildman–Crippen LogP) is 1.89. The van der Waals surface area contributed by atoms with Crippen molar-refractivity contribution < 1.29 is 4.52 Å². The molecule has 0 fully saturated rings. The molecule has 3 rings (SSSR count). The standard InChI is InChI=1S/C14H16N4O/c1-18-9-11(12-4-2-3-5-13(12)18)8-15-7-6-14-16-10-17-19-14/h2-5,9-10,15H,6-8H2,1H3. The second kappa shape index (κ2) is 5.24. The Morgan fingerprint density at radius 3 is 3.05 bits per heavy atom. The fraction of sp³-hybridized carbons (Fsp3) is 0.286. The number of nitrogens with one attached hydrogen (secondary N) is 1. The van der Waals surface area contributed by atoms with Crippen LogP contribution in [0.2, 0.25) is 0 Å². The van der Waals surface area contributed by atoms with Gasteiger partial charge in [0.15, 0.2) is 6.33 Å². The zero-order valence-electron chi connectivity index (χ0n) is 10.8. The van der Waals surface area contributed by atoms with Crippen LogP contribution in [0.1, 0.15) is 11.5 Å². The average Bonchev–Trinajstić information content (AvgIpc) is 3.04. The van der Waals surface area contributed by atoms with Crippen molar-refractivity contribution in [3.63, 3.8) is 0 Å². The second-order valence-electron chi connectivity index (χ2n) is 4.54. The fourth-order valence-electron chi connectivity index (χ4n) is 2.29. The molecule has 2 heterocycles. The summed E-state index contributed by atoms with van der Waals surface area (Å²) >= 11 is 0. The van der Waals surface area contributed by atoms with E-state index in [0.717, 1.165) is 19.5 Å². The van der Waals surface area contributed by atoms with Crippen molar-refractivity contribution in [2.45, 2.75) is 13.0 Å². The normalized spacial score (nSPS) is 11.2. The van der Waals surface area contributed by atoms with Gasteiger partial charge in [0.2, 0.25) is 5.89 Å². The lowest BCUT2D eigenvalue weighted by Gasteiger charge is -2.01. The van der Waals surface area contributed by atoms with Crippen LogP contribution in [0.5, 0.6) is 0 Å². The third-order valence-electron chi connectivity index (χ3n) is 3.22. The maximum atomic E-state index is 4.95. The molecule has 0 aliphatic rings. The molecule has 0 aliphatic heterocycles. The van der Waals surface area contributed by atoms with E-state index in [2.05, 4.69) is 57.5 Å². The monoisotopic (exact) mass is 256 g/mol. The Hall–Kier alpha value is -2.14. The van der Waals surface area contributed by atoms with Crippen molar-refractivity contribution in [3.8, 4) is 0 Å². The van der Waals surface area contributed by atoms with Crippen LogP contribution in [-0.4, -0.2) is 21.3 Å². The van der Waals surface area contributed by atoms with Crippen LogP contribution in [0.3, 0.4) is 0 Å². The van der Waals surface area contributed by atoms with Crippen molar-refractivity contribution in [2.24, 2.45) is 7.05 Å². The van der Waals surface area contributed by atoms with Crippen molar-refractivity contribution in [1.29, 1.82) is 0 Å². The van der Waals surface area contributed by atoms with Gasteiger partial charge in [-0.3, -0.25) is 0 Å². The summed E-state index contributed by atoms with van der Waals surface area (Å²) in [6, 6.07) is 8.43. The number of benzene rings is 1. The van der Waals surface area contributed by atoms with Crippen molar-refractivity contribution in [2.75, 3.05) is 6.54 Å². The third-order valence-corrected chi connectivity index (χ3v) is 3.22. The minimum Gasteiger partial charge on any atom is -0.350 e. The highest BCUT2D eigenvalue weighted by Crippen LogP contribution is 2.19. The van der Waals surface area contributed by atoms with E-state index in [1.165, 1.54) is 22.8 Å². The molecule has 0 spiro atoms. The van der Waals surface area contributed by atoms with E-state index >= 15 is 0 Å². The van der Waals surface area contributed by atoms with Gasteiger partial charge in [0.1, 0.15) is 0 Å². The second-order valence-corrected chi connectivity index (χ2v) is 4.54. The quantitative estimate of drug-likeness (QED) is 0.708. The maximum Gasteiger partial charge on any atom is 0.227 e. The molecular formula is C14H16N4O. The summed E-state index contributed by atoms with van der Waals surface area (Å²) in [5, 5.41) is 8.29. The number of aromatic nitrogens is 3. The van der Waals surface area contributed by atoms with E-state index in [0.29, 0.717) is 5.89 Å². The molecule has 1 N–H and O–H groups in total. The molecule has 0 atom stereocenters. The van der Waals surface area contributed by atoms with E-state index in [4.69, 9.17) is 4.52 Å². The van der Waals surface area contributed by atoms with E-state index in [1.807, 2.05) is 0 Å². The highest BCUT2D eigenvalue weighted by atomic mass is 16.5. The predicted molar refractivity (Wildman–Crippen MR) is 72.6 cm³/mol. The summed E-state index contributed by atoms with van der Waals surface area (Å²) < 4.78 is 7.11. The molecule has 0 unspecified atom stereocenters. The summed E-state index contributed by atoms with van der Waals surface area (Å²) in [6.07, 6.45) is 4.36. The van der Waals surface area contributed by atoms with Crippen molar-refractivity contribution >= 4 is 10.9 Å². The summed E-state index contributed by atoms with van der Waals surface area (Å²) in [5.74, 6) is 0.672. The van der Waals surface area contributed by atoms with Gasteiger partial charge in [-0.15, -0.1) is 0 Å². The molecule has 2 aromatic heterocycles. The maximum absolute atomic E-state index is 4.95. The number of hydrogen-bond acceptors (Lipinski definition) is 4. The molecule has 0 bridgehead atoms. The van der Waals surface area contributed by atoms with E-state index in [-0.39, 0.29) is 0 Å². The molecule has 98 valence electrons. The molecule has 19 heavy (non-hydrogen) atoms. The van der Waals surface area contributed by atoms with E-state index in [1.54, 1.807) is 0 Å². The van der Waals surface area contributed by atoms with Gasteiger partial charge in [0, 0.05) is 43.7 Å². The van der Waals surface area contributed by atoms with Gasteiger partial charge in [-0.25, -0.2) is 0 Å². The lowest BCUT2D eigenvalue weighted by atomic mass is 10.2. The number of aryl methyl sites for hydroxylation is 1. The van der Waals surface area contributed by atoms with Crippen LogP contribution in [0, 0.1) is 0 Å². The van der Waals surface area contributed by atoms with Crippen LogP contribution in [0.25, 0.3) is 10.9 Å². The van der Waals surface area contributed by atoms with Crippen LogP contribution < -0.4 is 5.32 Å². The summed E-state index contributed by atoms with van der Waals surface area (Å²) in [5.41, 5.74) is 2.57. The fourth-order valence-corrected chi connectivity index (χ4v) is 2.29. The number of hydrogen-bond donors (Lipinski definition) is 1. The molecule has 5 nitrogen and oxygen atoms in total. The highest BCUT2D eigenvalue weighted by molar-refractivity contribution is 5.83. The average molecular weight is 256 g/mol. The van der Waals surface area contributed by atoms with Crippen molar-refractivity contribution in [3.05, 3.63) is 48.2 Å². The van der Waals surface area contributed by atoms with Gasteiger partial charge in [-0.05, 0) is 11.6 Å². The van der Waals surface area contributed by atoms with Crippen LogP contribution in [0.15, 0.2) is 41.3 Å². The minimum absolute atomic E-state index is 0.672. The van der Waals surface area contributed by atoms with Gasteiger partial charge in [0.25, 0.3) is 0 Å². The lowest BCUT2D eigenvalue weighted by molar-refractivity contribution is 0.375. The first-order valence-corrected chi connectivity index (χ1v) is 6.34. The first-order chi connectivity index (χ1) is 9.34. The molecule has 5 heteroatoms. The molecule has 0 amide bonds. The zero-order chi connectivity index (χ0) is 13.1. The Labute approximate surface area is 111 Å². The van der Waals surface area contributed by atoms with Gasteiger partial charge in [-0.2, -0.15) is 4.98 Å². The van der Waals surface area contributed by atoms with E-state index in [9.17, 15) is 0 Å². The van der Waals surface area contributed by atoms with Crippen LogP contribution in [0.4, 0.5) is 0 Å². The van der Waals surface area contributed by atoms with Crippen molar-refractivity contribution in [1.82, 2.24) is 20.0 Å². The number of fused-ring (bicyclic) bond motifs is 1. The number of para-hydroxylation sites is 1. The topological polar surface area (TPSA) is 55.9 Å². The smallest absolute Gasteiger partial charge is 0.227 e. The Balaban J connectivity index is 1.62. The molecule has 0 saturated carbocycles. The molecule has 3 aromatic rings. The van der Waals surface area contributed by atoms with E-state index < -0.39 is 0 Å². The Morgan fingerprint density at radius 2 is 2.21 bits per heavy atom. The first-order valence-electron chi connectivity index (χ1n) is 6.34. The Bertz CT molecular complexity index is 657. The number of nitrogens with zero attached hydrogens (tertiary/aromatic N) is 3. The summed E-state index contributed by atoms with van der Waals surface area (Å²) in [4.78, 5) is 3.99. The van der Waals surface area contributed by atoms with Gasteiger partial charge in [0.05, 0.1) is 0 Å². The Morgan fingerprint density at radius 1 is 1.32 bits per heavy atom. The van der Waals surface area contributed by atoms with Gasteiger partial charge >= 0.3 is 0 Å². The first kappa shape index (κ1) is 11.9. The molecule has 0 radical (unpaired) electrons. The molecule has 1 aromatic carbocycles. The molecular weight excluding hydrogens is 240 g/mol. The summed E-state index contributed by atoms with van der Waals surface area (Å²) in [6.45, 7) is 1.67. The largest absolute Gasteiger partial charge is 0.350 e. The molecule has 0 aliphatic carbocycles. The lowest BCUT2D eigenvalue weighted by Crippen LogP contribution is -2.16. The highest BCUT2D eigenvalue weighted by Gasteiger charge is 2.05. The summed E-state index contributed by atoms with van der Waals surface area (Å²) in [7, 11) is 2.07. The van der Waals surface area contributed by atoms with Gasteiger partial charge < -0.3 is 14.4 Å².